The lowest BCUT2D eigenvalue weighted by Gasteiger charge is -2.23. The molecule has 5 N–H and O–H groups in total. The third-order valence-electron chi connectivity index (χ3n) is 5.33. The standard InChI is InChI=1S/C25H30N6O5/c1-25(2,3)36-23(35)16(9-11-19(33)34)12-18(32)15-7-4-14(5-8-15)6-10-17-13-28-22-20(29-17)21(26)30-24(27)31-22/h4-5,7-8,13,16H,6,9-12H2,1-3H3,(H,33,34)(H4,26,27,28,30,31)/t16-/m1/s1. The Kier molecular flexibility index (Phi) is 8.13. The SMILES string of the molecule is CC(C)(C)OC(=O)[C@H](CCC(=O)O)CC(=O)c1ccc(CCc2cnc3nc(N)nc(N)c3n2)cc1. The molecular weight excluding hydrogens is 464 g/mol. The number of hydrogen-bond acceptors (Lipinski definition) is 10. The third-order valence-corrected chi connectivity index (χ3v) is 5.33. The van der Waals surface area contributed by atoms with Gasteiger partial charge in [0.1, 0.15) is 5.60 Å². The monoisotopic (exact) mass is 494 g/mol. The molecule has 0 aliphatic rings. The zero-order valence-electron chi connectivity index (χ0n) is 20.5. The van der Waals surface area contributed by atoms with Crippen LogP contribution in [0, 0.1) is 5.92 Å². The van der Waals surface area contributed by atoms with Crippen LogP contribution in [-0.2, 0) is 27.2 Å². The van der Waals surface area contributed by atoms with Crippen LogP contribution in [0.4, 0.5) is 11.8 Å². The number of nitrogen functional groups attached to an aromatic ring is 2. The maximum Gasteiger partial charge on any atom is 0.309 e. The van der Waals surface area contributed by atoms with Crippen molar-refractivity contribution in [3.8, 4) is 0 Å². The molecule has 2 aromatic heterocycles. The molecule has 3 aromatic rings. The Hall–Kier alpha value is -4.15. The van der Waals surface area contributed by atoms with E-state index < -0.39 is 23.5 Å². The van der Waals surface area contributed by atoms with Crippen LogP contribution in [0.15, 0.2) is 30.5 Å². The highest BCUT2D eigenvalue weighted by Crippen LogP contribution is 2.21. The summed E-state index contributed by atoms with van der Waals surface area (Å²) in [7, 11) is 0. The summed E-state index contributed by atoms with van der Waals surface area (Å²) in [6.07, 6.45) is 2.52. The molecule has 0 aliphatic carbocycles. The van der Waals surface area contributed by atoms with Gasteiger partial charge in [0.05, 0.1) is 17.8 Å². The van der Waals surface area contributed by atoms with Gasteiger partial charge in [0.2, 0.25) is 5.95 Å². The van der Waals surface area contributed by atoms with E-state index in [-0.39, 0.29) is 36.8 Å². The van der Waals surface area contributed by atoms with Crippen molar-refractivity contribution in [2.24, 2.45) is 5.92 Å². The fourth-order valence-electron chi connectivity index (χ4n) is 3.56. The number of carbonyl (C=O) groups excluding carboxylic acids is 2. The van der Waals surface area contributed by atoms with E-state index >= 15 is 0 Å². The number of carboxylic acid groups (broad SMARTS) is 1. The van der Waals surface area contributed by atoms with Crippen LogP contribution >= 0.6 is 0 Å². The summed E-state index contributed by atoms with van der Waals surface area (Å²) in [6.45, 7) is 5.17. The van der Waals surface area contributed by atoms with E-state index in [1.54, 1.807) is 39.1 Å². The fraction of sp³-hybridized carbons (Fsp3) is 0.400. The number of hydrogen-bond donors (Lipinski definition) is 3. The van der Waals surface area contributed by atoms with Crippen LogP contribution in [0.2, 0.25) is 0 Å². The van der Waals surface area contributed by atoms with Crippen molar-refractivity contribution in [1.82, 2.24) is 19.9 Å². The number of Topliss-reactive ketones (excluding diaryl/α,β-unsaturated/α-hetero) is 1. The first-order valence-corrected chi connectivity index (χ1v) is 11.5. The Morgan fingerprint density at radius 3 is 2.36 bits per heavy atom. The summed E-state index contributed by atoms with van der Waals surface area (Å²) < 4.78 is 5.38. The number of esters is 1. The van der Waals surface area contributed by atoms with Gasteiger partial charge in [-0.2, -0.15) is 9.97 Å². The Morgan fingerprint density at radius 1 is 1.03 bits per heavy atom. The minimum Gasteiger partial charge on any atom is -0.481 e. The van der Waals surface area contributed by atoms with Gasteiger partial charge >= 0.3 is 11.9 Å². The molecule has 36 heavy (non-hydrogen) atoms. The molecule has 0 fully saturated rings. The highest BCUT2D eigenvalue weighted by atomic mass is 16.6. The molecule has 0 aliphatic heterocycles. The smallest absolute Gasteiger partial charge is 0.309 e. The highest BCUT2D eigenvalue weighted by molar-refractivity contribution is 5.98. The molecule has 190 valence electrons. The minimum atomic E-state index is -1.03. The molecular formula is C25H30N6O5. The van der Waals surface area contributed by atoms with Crippen molar-refractivity contribution in [2.45, 2.75) is 58.5 Å². The van der Waals surface area contributed by atoms with Gasteiger partial charge in [-0.1, -0.05) is 24.3 Å². The van der Waals surface area contributed by atoms with Crippen molar-refractivity contribution < 1.29 is 24.2 Å². The quantitative estimate of drug-likeness (QED) is 0.278. The molecule has 0 bridgehead atoms. The van der Waals surface area contributed by atoms with Gasteiger partial charge in [0.15, 0.2) is 22.8 Å². The lowest BCUT2D eigenvalue weighted by atomic mass is 9.93. The molecule has 0 saturated carbocycles. The lowest BCUT2D eigenvalue weighted by molar-refractivity contribution is -0.160. The molecule has 2 heterocycles. The second-order valence-electron chi connectivity index (χ2n) is 9.49. The first-order valence-electron chi connectivity index (χ1n) is 11.5. The minimum absolute atomic E-state index is 0.0308. The molecule has 3 rings (SSSR count). The molecule has 11 heteroatoms. The number of nitrogens with zero attached hydrogens (tertiary/aromatic N) is 4. The number of aliphatic carboxylic acids is 1. The zero-order valence-corrected chi connectivity index (χ0v) is 20.5. The molecule has 1 aromatic carbocycles. The number of aryl methyl sites for hydroxylation is 2. The summed E-state index contributed by atoms with van der Waals surface area (Å²) in [4.78, 5) is 53.0. The van der Waals surface area contributed by atoms with Crippen LogP contribution in [0.25, 0.3) is 11.2 Å². The topological polar surface area (TPSA) is 184 Å². The predicted molar refractivity (Wildman–Crippen MR) is 133 cm³/mol. The van der Waals surface area contributed by atoms with Crippen molar-refractivity contribution in [3.63, 3.8) is 0 Å². The number of nitrogens with two attached hydrogens (primary N) is 2. The molecule has 0 saturated heterocycles. The second kappa shape index (κ2) is 11.1. The molecule has 0 amide bonds. The molecule has 0 spiro atoms. The van der Waals surface area contributed by atoms with Gasteiger partial charge in [-0.15, -0.1) is 0 Å². The van der Waals surface area contributed by atoms with E-state index in [0.717, 1.165) is 5.56 Å². The first kappa shape index (κ1) is 26.5. The summed E-state index contributed by atoms with van der Waals surface area (Å²) in [5.41, 5.74) is 13.6. The summed E-state index contributed by atoms with van der Waals surface area (Å²) >= 11 is 0. The summed E-state index contributed by atoms with van der Waals surface area (Å²) in [6, 6.07) is 7.06. The number of carboxylic acids is 1. The number of fused-ring (bicyclic) bond motifs is 1. The number of benzene rings is 1. The third kappa shape index (κ3) is 7.42. The Bertz CT molecular complexity index is 1270. The largest absolute Gasteiger partial charge is 0.481 e. The number of rotatable bonds is 10. The van der Waals surface area contributed by atoms with Gasteiger partial charge in [0.25, 0.3) is 0 Å². The number of carbonyl (C=O) groups is 3. The zero-order chi connectivity index (χ0) is 26.5. The number of anilines is 2. The van der Waals surface area contributed by atoms with Crippen molar-refractivity contribution >= 4 is 40.7 Å². The highest BCUT2D eigenvalue weighted by Gasteiger charge is 2.28. The number of aromatic nitrogens is 4. The van der Waals surface area contributed by atoms with E-state index in [0.29, 0.717) is 35.3 Å². The second-order valence-corrected chi connectivity index (χ2v) is 9.49. The predicted octanol–water partition coefficient (Wildman–Crippen LogP) is 2.76. The number of ether oxygens (including phenoxy) is 1. The normalized spacial score (nSPS) is 12.3. The van der Waals surface area contributed by atoms with Gasteiger partial charge in [-0.05, 0) is 45.6 Å². The summed E-state index contributed by atoms with van der Waals surface area (Å²) in [5, 5.41) is 9.01. The Labute approximate surface area is 208 Å². The van der Waals surface area contributed by atoms with Crippen LogP contribution in [0.5, 0.6) is 0 Å². The molecule has 1 atom stereocenters. The fourth-order valence-corrected chi connectivity index (χ4v) is 3.56. The molecule has 0 radical (unpaired) electrons. The van der Waals surface area contributed by atoms with E-state index in [1.165, 1.54) is 0 Å². The van der Waals surface area contributed by atoms with E-state index in [2.05, 4.69) is 19.9 Å². The van der Waals surface area contributed by atoms with Gasteiger partial charge in [-0.3, -0.25) is 14.4 Å². The van der Waals surface area contributed by atoms with Crippen LogP contribution < -0.4 is 11.5 Å². The maximum absolute atomic E-state index is 12.8. The van der Waals surface area contributed by atoms with Crippen LogP contribution in [0.3, 0.4) is 0 Å². The molecule has 11 nitrogen and oxygen atoms in total. The van der Waals surface area contributed by atoms with Crippen LogP contribution in [-0.4, -0.2) is 48.4 Å². The van der Waals surface area contributed by atoms with E-state index in [1.807, 2.05) is 12.1 Å². The van der Waals surface area contributed by atoms with Crippen molar-refractivity contribution in [2.75, 3.05) is 11.5 Å². The average Bonchev–Trinajstić information content (AvgIpc) is 2.79. The number of ketones is 1. The van der Waals surface area contributed by atoms with E-state index in [4.69, 9.17) is 21.3 Å². The molecule has 0 unspecified atom stereocenters. The van der Waals surface area contributed by atoms with E-state index in [9.17, 15) is 14.4 Å². The van der Waals surface area contributed by atoms with Gasteiger partial charge < -0.3 is 21.3 Å². The lowest BCUT2D eigenvalue weighted by Crippen LogP contribution is -2.30. The Morgan fingerprint density at radius 2 is 1.72 bits per heavy atom. The summed E-state index contributed by atoms with van der Waals surface area (Å²) in [5.74, 6) is -2.47. The van der Waals surface area contributed by atoms with Crippen molar-refractivity contribution in [3.05, 3.63) is 47.3 Å². The Balaban J connectivity index is 1.64. The first-order chi connectivity index (χ1) is 16.9. The van der Waals surface area contributed by atoms with Crippen LogP contribution in [0.1, 0.15) is 61.6 Å². The van der Waals surface area contributed by atoms with Gasteiger partial charge in [-0.25, -0.2) is 9.97 Å². The average molecular weight is 495 g/mol. The van der Waals surface area contributed by atoms with Crippen molar-refractivity contribution in [1.29, 1.82) is 0 Å². The van der Waals surface area contributed by atoms with Gasteiger partial charge in [0, 0.05) is 18.4 Å². The maximum atomic E-state index is 12.8.